The molecule has 16 heavy (non-hydrogen) atoms. The second kappa shape index (κ2) is 5.45. The highest BCUT2D eigenvalue weighted by molar-refractivity contribution is 6.42. The van der Waals surface area contributed by atoms with Gasteiger partial charge in [-0.05, 0) is 23.8 Å². The number of benzene rings is 1. The second-order valence-corrected chi connectivity index (χ2v) is 3.67. The maximum Gasteiger partial charge on any atom is 0.213 e. The Morgan fingerprint density at radius 1 is 1.38 bits per heavy atom. The number of nitrogens with one attached hydrogen (secondary N) is 1. The van der Waals surface area contributed by atoms with Crippen LogP contribution in [0.4, 0.5) is 0 Å². The van der Waals surface area contributed by atoms with Crippen molar-refractivity contribution in [3.05, 3.63) is 39.4 Å². The van der Waals surface area contributed by atoms with E-state index in [1.165, 1.54) is 6.08 Å². The van der Waals surface area contributed by atoms with E-state index in [-0.39, 0.29) is 5.57 Å². The third kappa shape index (κ3) is 2.93. The molecule has 0 spiro atoms. The van der Waals surface area contributed by atoms with E-state index in [4.69, 9.17) is 33.9 Å². The van der Waals surface area contributed by atoms with Crippen LogP contribution < -0.4 is 0 Å². The molecule has 1 N–H and O–H groups in total. The third-order valence-corrected chi connectivity index (χ3v) is 2.51. The topological polar surface area (TPSA) is 64.7 Å². The predicted octanol–water partition coefficient (Wildman–Crippen LogP) is 3.12. The minimum atomic E-state index is -0.645. The molecule has 0 amide bonds. The highest BCUT2D eigenvalue weighted by atomic mass is 35.5. The normalized spacial score (nSPS) is 10.7. The highest BCUT2D eigenvalue weighted by Crippen LogP contribution is 2.23. The van der Waals surface area contributed by atoms with Crippen molar-refractivity contribution >= 4 is 41.3 Å². The summed E-state index contributed by atoms with van der Waals surface area (Å²) in [6.45, 7) is 0. The lowest BCUT2D eigenvalue weighted by molar-refractivity contribution is -0.109. The summed E-state index contributed by atoms with van der Waals surface area (Å²) in [7, 11) is 0. The van der Waals surface area contributed by atoms with Gasteiger partial charge in [0.2, 0.25) is 5.78 Å². The first-order valence-electron chi connectivity index (χ1n) is 4.20. The van der Waals surface area contributed by atoms with Crippen LogP contribution in [0.3, 0.4) is 0 Å². The highest BCUT2D eigenvalue weighted by Gasteiger charge is 2.06. The van der Waals surface area contributed by atoms with Gasteiger partial charge in [0.15, 0.2) is 0 Å². The number of nitrogens with zero attached hydrogens (tertiary/aromatic N) is 1. The molecule has 0 atom stereocenters. The summed E-state index contributed by atoms with van der Waals surface area (Å²) in [6.07, 6.45) is 1.95. The van der Waals surface area contributed by atoms with Crippen LogP contribution in [0.25, 0.3) is 6.08 Å². The number of nitriles is 1. The second-order valence-electron chi connectivity index (χ2n) is 2.85. The summed E-state index contributed by atoms with van der Waals surface area (Å²) in [5.74, 6) is -0.645. The van der Waals surface area contributed by atoms with Crippen LogP contribution in [0.1, 0.15) is 5.56 Å². The number of Topliss-reactive ketones (excluding diaryl/α,β-unsaturated/α-hetero) is 1. The van der Waals surface area contributed by atoms with Crippen molar-refractivity contribution < 1.29 is 4.79 Å². The summed E-state index contributed by atoms with van der Waals surface area (Å²) in [6, 6.07) is 6.46. The number of carbonyl (C=O) groups excluding carboxylic acids is 1. The maximum absolute atomic E-state index is 11.1. The fraction of sp³-hybridized carbons (Fsp3) is 0. The molecule has 0 aliphatic heterocycles. The Kier molecular flexibility index (Phi) is 4.24. The number of rotatable bonds is 3. The summed E-state index contributed by atoms with van der Waals surface area (Å²) in [5.41, 5.74) is 0.467. The molecule has 0 aliphatic carbocycles. The molecule has 1 aromatic carbocycles. The molecule has 0 fully saturated rings. The van der Waals surface area contributed by atoms with E-state index < -0.39 is 5.78 Å². The van der Waals surface area contributed by atoms with Gasteiger partial charge in [-0.1, -0.05) is 29.3 Å². The molecular formula is C11H6Cl2N2O. The quantitative estimate of drug-likeness (QED) is 0.511. The monoisotopic (exact) mass is 252 g/mol. The minimum Gasteiger partial charge on any atom is -0.305 e. The molecule has 1 rings (SSSR count). The lowest BCUT2D eigenvalue weighted by atomic mass is 10.1. The van der Waals surface area contributed by atoms with E-state index >= 15 is 0 Å². The van der Waals surface area contributed by atoms with E-state index in [9.17, 15) is 4.79 Å². The zero-order valence-electron chi connectivity index (χ0n) is 8.00. The summed E-state index contributed by atoms with van der Waals surface area (Å²) in [5, 5.41) is 16.2. The van der Waals surface area contributed by atoms with Crippen LogP contribution in [0.15, 0.2) is 23.8 Å². The number of allylic oxidation sites excluding steroid dienone is 1. The first kappa shape index (κ1) is 12.4. The molecule has 5 heteroatoms. The Morgan fingerprint density at radius 2 is 2.06 bits per heavy atom. The SMILES string of the molecule is N#CC(=Cc1ccc(Cl)c(Cl)c1)C(=O)C=N. The van der Waals surface area contributed by atoms with Gasteiger partial charge in [-0.25, -0.2) is 0 Å². The molecule has 0 aliphatic rings. The first-order valence-corrected chi connectivity index (χ1v) is 4.95. The fourth-order valence-corrected chi connectivity index (χ4v) is 1.31. The van der Waals surface area contributed by atoms with Gasteiger partial charge in [0.25, 0.3) is 0 Å². The van der Waals surface area contributed by atoms with Gasteiger partial charge < -0.3 is 5.41 Å². The Balaban J connectivity index is 3.15. The summed E-state index contributed by atoms with van der Waals surface area (Å²) in [4.78, 5) is 11.1. The van der Waals surface area contributed by atoms with Crippen LogP contribution in [0, 0.1) is 16.7 Å². The van der Waals surface area contributed by atoms with Crippen LogP contribution in [-0.4, -0.2) is 12.0 Å². The predicted molar refractivity (Wildman–Crippen MR) is 63.8 cm³/mol. The Bertz CT molecular complexity index is 515. The van der Waals surface area contributed by atoms with E-state index in [0.717, 1.165) is 0 Å². The van der Waals surface area contributed by atoms with Crippen molar-refractivity contribution in [2.75, 3.05) is 0 Å². The molecule has 1 aromatic rings. The van der Waals surface area contributed by atoms with Crippen molar-refractivity contribution in [3.63, 3.8) is 0 Å². The van der Waals surface area contributed by atoms with Crippen molar-refractivity contribution in [2.24, 2.45) is 0 Å². The smallest absolute Gasteiger partial charge is 0.213 e. The molecule has 0 saturated carbocycles. The molecule has 80 valence electrons. The van der Waals surface area contributed by atoms with E-state index in [1.54, 1.807) is 24.3 Å². The lowest BCUT2D eigenvalue weighted by Gasteiger charge is -1.98. The third-order valence-electron chi connectivity index (χ3n) is 1.77. The van der Waals surface area contributed by atoms with Crippen LogP contribution >= 0.6 is 23.2 Å². The first-order chi connectivity index (χ1) is 7.58. The van der Waals surface area contributed by atoms with Crippen molar-refractivity contribution in [1.29, 1.82) is 10.7 Å². The van der Waals surface area contributed by atoms with Crippen LogP contribution in [0.2, 0.25) is 10.0 Å². The zero-order chi connectivity index (χ0) is 12.1. The van der Waals surface area contributed by atoms with Gasteiger partial charge in [-0.15, -0.1) is 0 Å². The van der Waals surface area contributed by atoms with E-state index in [1.807, 2.05) is 0 Å². The van der Waals surface area contributed by atoms with Crippen LogP contribution in [-0.2, 0) is 4.79 Å². The van der Waals surface area contributed by atoms with Crippen molar-refractivity contribution in [1.82, 2.24) is 0 Å². The van der Waals surface area contributed by atoms with Crippen molar-refractivity contribution in [3.8, 4) is 6.07 Å². The molecule has 0 radical (unpaired) electrons. The molecule has 0 bridgehead atoms. The molecule has 0 heterocycles. The zero-order valence-corrected chi connectivity index (χ0v) is 9.51. The van der Waals surface area contributed by atoms with Gasteiger partial charge in [-0.2, -0.15) is 5.26 Å². The number of halogens is 2. The lowest BCUT2D eigenvalue weighted by Crippen LogP contribution is -2.00. The van der Waals surface area contributed by atoms with Gasteiger partial charge in [0, 0.05) is 0 Å². The number of ketones is 1. The molecular weight excluding hydrogens is 247 g/mol. The average molecular weight is 253 g/mol. The van der Waals surface area contributed by atoms with Gasteiger partial charge in [0.1, 0.15) is 11.6 Å². The summed E-state index contributed by atoms with van der Waals surface area (Å²) >= 11 is 11.5. The Morgan fingerprint density at radius 3 is 2.56 bits per heavy atom. The Labute approximate surface area is 102 Å². The van der Waals surface area contributed by atoms with Gasteiger partial charge in [0.05, 0.1) is 16.3 Å². The minimum absolute atomic E-state index is 0.117. The van der Waals surface area contributed by atoms with Crippen molar-refractivity contribution in [2.45, 2.75) is 0 Å². The molecule has 0 unspecified atom stereocenters. The van der Waals surface area contributed by atoms with E-state index in [0.29, 0.717) is 21.8 Å². The molecule has 3 nitrogen and oxygen atoms in total. The standard InChI is InChI=1S/C11H6Cl2N2O/c12-9-2-1-7(4-10(9)13)3-8(5-14)11(16)6-15/h1-4,6,15H. The Hall–Kier alpha value is -1.63. The number of hydrogen-bond acceptors (Lipinski definition) is 3. The van der Waals surface area contributed by atoms with E-state index in [2.05, 4.69) is 0 Å². The summed E-state index contributed by atoms with van der Waals surface area (Å²) < 4.78 is 0. The fourth-order valence-electron chi connectivity index (χ4n) is 1.01. The molecule has 0 saturated heterocycles. The average Bonchev–Trinajstić information content (AvgIpc) is 2.29. The molecule has 0 aromatic heterocycles. The number of carbonyl (C=O) groups is 1. The largest absolute Gasteiger partial charge is 0.305 e. The maximum atomic E-state index is 11.1. The van der Waals surface area contributed by atoms with Gasteiger partial charge in [-0.3, -0.25) is 4.79 Å². The number of hydrogen-bond donors (Lipinski definition) is 1. The van der Waals surface area contributed by atoms with Crippen LogP contribution in [0.5, 0.6) is 0 Å². The van der Waals surface area contributed by atoms with Gasteiger partial charge >= 0.3 is 0 Å².